The third-order valence-corrected chi connectivity index (χ3v) is 3.38. The Hall–Kier alpha value is -1.67. The molecule has 0 unspecified atom stereocenters. The predicted octanol–water partition coefficient (Wildman–Crippen LogP) is 2.16. The molecule has 2 heterocycles. The van der Waals surface area contributed by atoms with Crippen LogP contribution in [0.4, 0.5) is 5.13 Å². The number of hydrogen-bond acceptors (Lipinski definition) is 5. The summed E-state index contributed by atoms with van der Waals surface area (Å²) in [7, 11) is 0. The molecule has 0 saturated carbocycles. The Bertz CT molecular complexity index is 620. The first kappa shape index (κ1) is 12.8. The van der Waals surface area contributed by atoms with Gasteiger partial charge in [0.05, 0.1) is 6.20 Å². The van der Waals surface area contributed by atoms with Gasteiger partial charge < -0.3 is 10.2 Å². The zero-order valence-corrected chi connectivity index (χ0v) is 11.6. The van der Waals surface area contributed by atoms with E-state index in [9.17, 15) is 9.59 Å². The van der Waals surface area contributed by atoms with Gasteiger partial charge in [-0.25, -0.2) is 4.98 Å². The van der Waals surface area contributed by atoms with E-state index in [1.807, 2.05) is 0 Å². The number of carbonyl (C=O) groups excluding carboxylic acids is 2. The Morgan fingerprint density at radius 2 is 2.28 bits per heavy atom. The van der Waals surface area contributed by atoms with E-state index in [2.05, 4.69) is 26.2 Å². The van der Waals surface area contributed by atoms with Gasteiger partial charge in [0.15, 0.2) is 15.6 Å². The van der Waals surface area contributed by atoms with Gasteiger partial charge in [-0.2, -0.15) is 0 Å². The first-order valence-electron chi connectivity index (χ1n) is 4.80. The maximum absolute atomic E-state index is 11.9. The molecule has 2 amide bonds. The van der Waals surface area contributed by atoms with Crippen molar-refractivity contribution in [3.63, 3.8) is 0 Å². The van der Waals surface area contributed by atoms with Gasteiger partial charge in [0.2, 0.25) is 0 Å². The van der Waals surface area contributed by atoms with Gasteiger partial charge in [-0.05, 0) is 28.9 Å². The average molecular weight is 330 g/mol. The minimum absolute atomic E-state index is 0.192. The molecule has 0 aliphatic rings. The number of aromatic nitrogens is 1. The molecule has 2 aromatic heterocycles. The minimum atomic E-state index is -0.579. The summed E-state index contributed by atoms with van der Waals surface area (Å²) < 4.78 is 5.67. The van der Waals surface area contributed by atoms with Crippen LogP contribution in [0.15, 0.2) is 21.3 Å². The first-order valence-corrected chi connectivity index (χ1v) is 6.41. The van der Waals surface area contributed by atoms with E-state index in [1.165, 1.54) is 6.20 Å². The Kier molecular flexibility index (Phi) is 3.48. The fraction of sp³-hybridized carbons (Fsp3) is 0.100. The number of halogens is 1. The highest BCUT2D eigenvalue weighted by Gasteiger charge is 2.17. The van der Waals surface area contributed by atoms with Crippen LogP contribution >= 0.6 is 27.3 Å². The van der Waals surface area contributed by atoms with Crippen LogP contribution in [0, 0.1) is 6.92 Å². The lowest BCUT2D eigenvalue weighted by atomic mass is 10.3. The number of thiazole rings is 1. The number of primary amides is 1. The van der Waals surface area contributed by atoms with Crippen molar-refractivity contribution in [2.75, 3.05) is 5.32 Å². The maximum Gasteiger partial charge on any atom is 0.293 e. The molecule has 0 spiro atoms. The molecule has 0 radical (unpaired) electrons. The van der Waals surface area contributed by atoms with Crippen LogP contribution in [-0.2, 0) is 0 Å². The summed E-state index contributed by atoms with van der Waals surface area (Å²) in [5.74, 6) is -0.814. The second-order valence-electron chi connectivity index (χ2n) is 3.41. The number of nitrogens with one attached hydrogen (secondary N) is 1. The summed E-state index contributed by atoms with van der Waals surface area (Å²) in [6.07, 6.45) is 1.31. The number of hydrogen-bond donors (Lipinski definition) is 2. The van der Waals surface area contributed by atoms with Crippen LogP contribution in [-0.4, -0.2) is 16.8 Å². The maximum atomic E-state index is 11.9. The van der Waals surface area contributed by atoms with Crippen LogP contribution < -0.4 is 11.1 Å². The molecule has 94 valence electrons. The van der Waals surface area contributed by atoms with Gasteiger partial charge in [0.1, 0.15) is 4.88 Å². The van der Waals surface area contributed by atoms with Crippen molar-refractivity contribution in [1.82, 2.24) is 4.98 Å². The monoisotopic (exact) mass is 329 g/mol. The number of rotatable bonds is 3. The van der Waals surface area contributed by atoms with Crippen LogP contribution in [0.25, 0.3) is 0 Å². The van der Waals surface area contributed by atoms with Gasteiger partial charge in [-0.3, -0.25) is 14.9 Å². The van der Waals surface area contributed by atoms with E-state index >= 15 is 0 Å². The largest absolute Gasteiger partial charge is 0.444 e. The normalized spacial score (nSPS) is 10.3. The summed E-state index contributed by atoms with van der Waals surface area (Å²) in [6.45, 7) is 1.75. The second kappa shape index (κ2) is 4.91. The molecule has 0 aliphatic heterocycles. The van der Waals surface area contributed by atoms with Gasteiger partial charge in [0, 0.05) is 5.56 Å². The van der Waals surface area contributed by atoms with Gasteiger partial charge in [-0.15, -0.1) is 0 Å². The smallest absolute Gasteiger partial charge is 0.293 e. The van der Waals surface area contributed by atoms with Crippen LogP contribution in [0.1, 0.15) is 25.8 Å². The van der Waals surface area contributed by atoms with Crippen molar-refractivity contribution in [1.29, 1.82) is 0 Å². The van der Waals surface area contributed by atoms with E-state index in [0.717, 1.165) is 11.3 Å². The molecule has 6 nitrogen and oxygen atoms in total. The molecule has 3 N–H and O–H groups in total. The lowest BCUT2D eigenvalue weighted by Gasteiger charge is -1.98. The van der Waals surface area contributed by atoms with Gasteiger partial charge >= 0.3 is 0 Å². The number of nitrogens with zero attached hydrogens (tertiary/aromatic N) is 1. The van der Waals surface area contributed by atoms with Crippen molar-refractivity contribution in [2.24, 2.45) is 5.73 Å². The number of aryl methyl sites for hydroxylation is 1. The quantitative estimate of drug-likeness (QED) is 0.901. The molecular weight excluding hydrogens is 322 g/mol. The molecule has 0 atom stereocenters. The fourth-order valence-corrected chi connectivity index (χ4v) is 2.44. The molecule has 0 bridgehead atoms. The van der Waals surface area contributed by atoms with Crippen LogP contribution in [0.2, 0.25) is 0 Å². The third-order valence-electron chi connectivity index (χ3n) is 2.06. The molecule has 18 heavy (non-hydrogen) atoms. The second-order valence-corrected chi connectivity index (χ2v) is 5.22. The summed E-state index contributed by atoms with van der Waals surface area (Å²) in [6, 6.07) is 1.69. The Morgan fingerprint density at radius 1 is 1.56 bits per heavy atom. The minimum Gasteiger partial charge on any atom is -0.444 e. The summed E-state index contributed by atoms with van der Waals surface area (Å²) in [4.78, 5) is 26.9. The van der Waals surface area contributed by atoms with Gasteiger partial charge in [0.25, 0.3) is 11.8 Å². The Morgan fingerprint density at radius 3 is 2.78 bits per heavy atom. The van der Waals surface area contributed by atoms with E-state index in [4.69, 9.17) is 10.2 Å². The summed E-state index contributed by atoms with van der Waals surface area (Å²) >= 11 is 4.14. The number of carbonyl (C=O) groups is 2. The lowest BCUT2D eigenvalue weighted by Crippen LogP contribution is -2.11. The lowest BCUT2D eigenvalue weighted by molar-refractivity contribution is 0.0990. The zero-order valence-electron chi connectivity index (χ0n) is 9.19. The summed E-state index contributed by atoms with van der Waals surface area (Å²) in [5, 5.41) is 2.83. The molecular formula is C10H8BrN3O3S. The van der Waals surface area contributed by atoms with E-state index < -0.39 is 11.8 Å². The first-order chi connectivity index (χ1) is 8.47. The molecule has 0 aliphatic carbocycles. The highest BCUT2D eigenvalue weighted by atomic mass is 79.9. The highest BCUT2D eigenvalue weighted by Crippen LogP contribution is 2.22. The van der Waals surface area contributed by atoms with Gasteiger partial charge in [-0.1, -0.05) is 11.3 Å². The third kappa shape index (κ3) is 2.59. The van der Waals surface area contributed by atoms with Crippen molar-refractivity contribution >= 4 is 44.2 Å². The zero-order chi connectivity index (χ0) is 13.3. The Balaban J connectivity index is 2.16. The summed E-state index contributed by atoms with van der Waals surface area (Å²) in [5.41, 5.74) is 5.79. The Labute approximate surface area is 114 Å². The topological polar surface area (TPSA) is 98.2 Å². The molecule has 8 heteroatoms. The number of anilines is 1. The molecule has 0 aromatic carbocycles. The van der Waals surface area contributed by atoms with E-state index in [0.29, 0.717) is 15.4 Å². The predicted molar refractivity (Wildman–Crippen MR) is 69.7 cm³/mol. The van der Waals surface area contributed by atoms with E-state index in [1.54, 1.807) is 13.0 Å². The van der Waals surface area contributed by atoms with Crippen molar-refractivity contribution in [3.05, 3.63) is 33.1 Å². The van der Waals surface area contributed by atoms with Crippen LogP contribution in [0.3, 0.4) is 0 Å². The standard InChI is InChI=1S/C10H8BrN3O3S/c1-4-2-6(11)17-7(4)9(16)14-10-13-3-5(18-10)8(12)15/h2-3H,1H3,(H2,12,15)(H,13,14,16). The molecule has 0 saturated heterocycles. The fourth-order valence-electron chi connectivity index (χ4n) is 1.27. The number of nitrogens with two attached hydrogens (primary N) is 1. The van der Waals surface area contributed by atoms with Crippen molar-refractivity contribution < 1.29 is 14.0 Å². The molecule has 2 aromatic rings. The highest BCUT2D eigenvalue weighted by molar-refractivity contribution is 9.10. The molecule has 2 rings (SSSR count). The van der Waals surface area contributed by atoms with E-state index in [-0.39, 0.29) is 10.6 Å². The number of furan rings is 1. The van der Waals surface area contributed by atoms with Crippen molar-refractivity contribution in [3.8, 4) is 0 Å². The van der Waals surface area contributed by atoms with Crippen molar-refractivity contribution in [2.45, 2.75) is 6.92 Å². The molecule has 0 fully saturated rings. The number of amides is 2. The van der Waals surface area contributed by atoms with Crippen LogP contribution in [0.5, 0.6) is 0 Å². The SMILES string of the molecule is Cc1cc(Br)oc1C(=O)Nc1ncc(C(N)=O)s1. The average Bonchev–Trinajstić information content (AvgIpc) is 2.85.